The fourth-order valence-corrected chi connectivity index (χ4v) is 0.873. The van der Waals surface area contributed by atoms with Gasteiger partial charge in [0.15, 0.2) is 0 Å². The molecule has 0 aliphatic carbocycles. The molecule has 0 fully saturated rings. The normalized spacial score (nSPS) is 8.85. The molecule has 0 saturated heterocycles. The Morgan fingerprint density at radius 2 is 1.62 bits per heavy atom. The molecule has 80 valence electrons. The lowest BCUT2D eigenvalue weighted by molar-refractivity contribution is -0.597. The Bertz CT molecular complexity index is 105. The molecule has 3 heteroatoms. The highest BCUT2D eigenvalue weighted by molar-refractivity contribution is 5.63. The molecule has 0 spiro atoms. The predicted molar refractivity (Wildman–Crippen MR) is 52.2 cm³/mol. The number of carbonyl (C=O) groups excluding carboxylic acids is 1. The van der Waals surface area contributed by atoms with Crippen molar-refractivity contribution in [2.24, 2.45) is 0 Å². The van der Waals surface area contributed by atoms with E-state index in [1.807, 2.05) is 19.4 Å². The molecule has 0 atom stereocenters. The van der Waals surface area contributed by atoms with Crippen LogP contribution in [0.25, 0.3) is 0 Å². The molecular formula is C10H23NO2. The third kappa shape index (κ3) is 24.6. The molecular weight excluding hydrogens is 166 g/mol. The maximum Gasteiger partial charge on any atom is 0.0647 e. The van der Waals surface area contributed by atoms with E-state index in [1.54, 1.807) is 0 Å². The molecule has 3 nitrogen and oxygen atoms in total. The highest BCUT2D eigenvalue weighted by atomic mass is 16.4. The van der Waals surface area contributed by atoms with Gasteiger partial charge in [-0.3, -0.25) is 0 Å². The van der Waals surface area contributed by atoms with Gasteiger partial charge >= 0.3 is 0 Å². The lowest BCUT2D eigenvalue weighted by Crippen LogP contribution is -2.74. The van der Waals surface area contributed by atoms with E-state index < -0.39 is 5.97 Å². The molecule has 0 aliphatic heterocycles. The number of hydrogen-bond donors (Lipinski definition) is 1. The lowest BCUT2D eigenvalue weighted by atomic mass is 10.1. The Morgan fingerprint density at radius 3 is 2.00 bits per heavy atom. The number of nitrogens with two attached hydrogens (primary N) is 1. The lowest BCUT2D eigenvalue weighted by Gasteiger charge is -2.00. The molecule has 0 rings (SSSR count). The van der Waals surface area contributed by atoms with Crippen molar-refractivity contribution in [2.45, 2.75) is 45.4 Å². The van der Waals surface area contributed by atoms with Gasteiger partial charge in [-0.05, 0) is 12.8 Å². The Labute approximate surface area is 81.5 Å². The van der Waals surface area contributed by atoms with Crippen molar-refractivity contribution < 1.29 is 15.2 Å². The standard InChI is InChI=1S/C8H16O2.C2H7N/c1-2-3-4-5-6-7-8(9)10;1-3-2/h2-7H2,1H3,(H,9,10);3H,1-2H3. The van der Waals surface area contributed by atoms with E-state index in [9.17, 15) is 9.90 Å². The van der Waals surface area contributed by atoms with Crippen molar-refractivity contribution in [3.8, 4) is 0 Å². The smallest absolute Gasteiger partial charge is 0.0647 e. The Hall–Kier alpha value is -0.570. The Kier molecular flexibility index (Phi) is 16.1. The molecule has 0 aromatic carbocycles. The van der Waals surface area contributed by atoms with Crippen LogP contribution in [0.4, 0.5) is 0 Å². The van der Waals surface area contributed by atoms with Crippen LogP contribution in [0.5, 0.6) is 0 Å². The van der Waals surface area contributed by atoms with Crippen molar-refractivity contribution in [3.05, 3.63) is 0 Å². The molecule has 0 aliphatic rings. The van der Waals surface area contributed by atoms with E-state index in [2.05, 4.69) is 6.92 Å². The third-order valence-corrected chi connectivity index (χ3v) is 1.48. The van der Waals surface area contributed by atoms with Crippen molar-refractivity contribution in [1.29, 1.82) is 0 Å². The summed E-state index contributed by atoms with van der Waals surface area (Å²) in [5.74, 6) is -0.920. The molecule has 0 unspecified atom stereocenters. The van der Waals surface area contributed by atoms with Crippen LogP contribution in [0.2, 0.25) is 0 Å². The van der Waals surface area contributed by atoms with Gasteiger partial charge in [0.2, 0.25) is 0 Å². The first-order valence-electron chi connectivity index (χ1n) is 5.12. The van der Waals surface area contributed by atoms with Crippen LogP contribution in [0, 0.1) is 0 Å². The van der Waals surface area contributed by atoms with E-state index >= 15 is 0 Å². The second kappa shape index (κ2) is 14.0. The van der Waals surface area contributed by atoms with E-state index in [-0.39, 0.29) is 6.42 Å². The van der Waals surface area contributed by atoms with Crippen LogP contribution >= 0.6 is 0 Å². The molecule has 0 heterocycles. The number of unbranched alkanes of at least 4 members (excludes halogenated alkanes) is 4. The van der Waals surface area contributed by atoms with Gasteiger partial charge in [0.1, 0.15) is 0 Å². The van der Waals surface area contributed by atoms with Gasteiger partial charge in [-0.1, -0.05) is 32.6 Å². The first kappa shape index (κ1) is 14.9. The average molecular weight is 189 g/mol. The summed E-state index contributed by atoms with van der Waals surface area (Å²) in [4.78, 5) is 9.92. The SMILES string of the molecule is CCCCCCCC(=O)[O-].C[NH2+]C. The summed E-state index contributed by atoms with van der Waals surface area (Å²) in [5, 5.41) is 11.9. The van der Waals surface area contributed by atoms with Gasteiger partial charge < -0.3 is 15.2 Å². The van der Waals surface area contributed by atoms with Gasteiger partial charge in [-0.15, -0.1) is 0 Å². The molecule has 0 radical (unpaired) electrons. The monoisotopic (exact) mass is 189 g/mol. The molecule has 0 aromatic rings. The second-order valence-corrected chi connectivity index (χ2v) is 3.11. The molecule has 0 aromatic heterocycles. The summed E-state index contributed by atoms with van der Waals surface area (Å²) in [6.07, 6.45) is 5.61. The van der Waals surface area contributed by atoms with Crippen LogP contribution < -0.4 is 10.4 Å². The van der Waals surface area contributed by atoms with Crippen LogP contribution in [-0.4, -0.2) is 20.1 Å². The topological polar surface area (TPSA) is 56.7 Å². The van der Waals surface area contributed by atoms with Gasteiger partial charge in [-0.25, -0.2) is 0 Å². The zero-order valence-electron chi connectivity index (χ0n) is 9.14. The van der Waals surface area contributed by atoms with Crippen LogP contribution in [0.15, 0.2) is 0 Å². The number of carboxylic acid groups (broad SMARTS) is 1. The third-order valence-electron chi connectivity index (χ3n) is 1.48. The number of carboxylic acids is 1. The van der Waals surface area contributed by atoms with E-state index in [1.165, 1.54) is 12.8 Å². The number of rotatable bonds is 6. The second-order valence-electron chi connectivity index (χ2n) is 3.11. The maximum absolute atomic E-state index is 9.92. The predicted octanol–water partition coefficient (Wildman–Crippen LogP) is -0.0938. The number of aliphatic carboxylic acids is 1. The Morgan fingerprint density at radius 1 is 1.15 bits per heavy atom. The highest BCUT2D eigenvalue weighted by Gasteiger charge is 1.88. The molecule has 0 amide bonds. The molecule has 13 heavy (non-hydrogen) atoms. The summed E-state index contributed by atoms with van der Waals surface area (Å²) >= 11 is 0. The summed E-state index contributed by atoms with van der Waals surface area (Å²) < 4.78 is 0. The van der Waals surface area contributed by atoms with Crippen LogP contribution in [0.3, 0.4) is 0 Å². The minimum Gasteiger partial charge on any atom is -0.550 e. The first-order chi connectivity index (χ1) is 6.18. The van der Waals surface area contributed by atoms with Crippen LogP contribution in [0.1, 0.15) is 45.4 Å². The summed E-state index contributed by atoms with van der Waals surface area (Å²) in [7, 11) is 4.00. The molecule has 0 saturated carbocycles. The fourth-order valence-electron chi connectivity index (χ4n) is 0.873. The van der Waals surface area contributed by atoms with E-state index in [0.717, 1.165) is 19.3 Å². The zero-order valence-corrected chi connectivity index (χ0v) is 9.14. The largest absolute Gasteiger partial charge is 0.550 e. The minimum absolute atomic E-state index is 0.226. The van der Waals surface area contributed by atoms with Crippen LogP contribution in [-0.2, 0) is 4.79 Å². The first-order valence-corrected chi connectivity index (χ1v) is 5.12. The number of quaternary nitrogens is 1. The molecule has 0 bridgehead atoms. The molecule has 2 N–H and O–H groups in total. The quantitative estimate of drug-likeness (QED) is 0.593. The Balaban J connectivity index is 0. The highest BCUT2D eigenvalue weighted by Crippen LogP contribution is 2.03. The van der Waals surface area contributed by atoms with Crippen molar-refractivity contribution in [3.63, 3.8) is 0 Å². The fraction of sp³-hybridized carbons (Fsp3) is 0.900. The maximum atomic E-state index is 9.92. The van der Waals surface area contributed by atoms with Gasteiger partial charge in [0.05, 0.1) is 14.1 Å². The van der Waals surface area contributed by atoms with Crippen molar-refractivity contribution in [2.75, 3.05) is 14.1 Å². The summed E-state index contributed by atoms with van der Waals surface area (Å²) in [6.45, 7) is 2.14. The van der Waals surface area contributed by atoms with Crippen molar-refractivity contribution in [1.82, 2.24) is 0 Å². The summed E-state index contributed by atoms with van der Waals surface area (Å²) in [5.41, 5.74) is 0. The number of hydrogen-bond acceptors (Lipinski definition) is 2. The minimum atomic E-state index is -0.920. The average Bonchev–Trinajstić information content (AvgIpc) is 2.05. The van der Waals surface area contributed by atoms with Gasteiger partial charge in [0, 0.05) is 5.97 Å². The van der Waals surface area contributed by atoms with Gasteiger partial charge in [-0.2, -0.15) is 0 Å². The van der Waals surface area contributed by atoms with Gasteiger partial charge in [0.25, 0.3) is 0 Å². The number of carbonyl (C=O) groups is 1. The van der Waals surface area contributed by atoms with Crippen molar-refractivity contribution >= 4 is 5.97 Å². The van der Waals surface area contributed by atoms with E-state index in [4.69, 9.17) is 0 Å². The van der Waals surface area contributed by atoms with E-state index in [0.29, 0.717) is 0 Å². The zero-order chi connectivity index (χ0) is 10.5. The summed E-state index contributed by atoms with van der Waals surface area (Å²) in [6, 6.07) is 0.